The van der Waals surface area contributed by atoms with Gasteiger partial charge in [0.15, 0.2) is 0 Å². The predicted molar refractivity (Wildman–Crippen MR) is 44.7 cm³/mol. The van der Waals surface area contributed by atoms with Crippen LogP contribution >= 0.6 is 0 Å². The molecule has 4 nitrogen and oxygen atoms in total. The van der Waals surface area contributed by atoms with E-state index in [9.17, 15) is 4.79 Å². The van der Waals surface area contributed by atoms with Gasteiger partial charge in [0.1, 0.15) is 0 Å². The maximum Gasteiger partial charge on any atom is 0.251 e. The van der Waals surface area contributed by atoms with E-state index in [0.29, 0.717) is 0 Å². The van der Waals surface area contributed by atoms with Crippen LogP contribution in [0.1, 0.15) is 19.8 Å². The molecule has 0 aliphatic carbocycles. The zero-order chi connectivity index (χ0) is 8.85. The topological polar surface area (TPSA) is 58.4 Å². The Morgan fingerprint density at radius 3 is 2.45 bits per heavy atom. The molecule has 0 aliphatic rings. The van der Waals surface area contributed by atoms with Crippen molar-refractivity contribution < 1.29 is 4.79 Å². The SMILES string of the molecule is CCCC(C(=O)NN)N(C)C. The first kappa shape index (κ1) is 10.4. The Morgan fingerprint density at radius 1 is 1.64 bits per heavy atom. The Balaban J connectivity index is 3.98. The minimum absolute atomic E-state index is 0.0926. The van der Waals surface area contributed by atoms with Crippen molar-refractivity contribution in [2.45, 2.75) is 25.8 Å². The summed E-state index contributed by atoms with van der Waals surface area (Å²) in [4.78, 5) is 12.9. The first-order chi connectivity index (χ1) is 5.13. The number of carbonyl (C=O) groups is 1. The van der Waals surface area contributed by atoms with Crippen LogP contribution < -0.4 is 11.3 Å². The number of hydrogen-bond donors (Lipinski definition) is 2. The highest BCUT2D eigenvalue weighted by molar-refractivity contribution is 5.80. The fraction of sp³-hybridized carbons (Fsp3) is 0.857. The number of nitrogens with zero attached hydrogens (tertiary/aromatic N) is 1. The molecule has 0 saturated carbocycles. The normalized spacial score (nSPS) is 13.2. The average molecular weight is 159 g/mol. The summed E-state index contributed by atoms with van der Waals surface area (Å²) in [5.74, 6) is 4.90. The second-order valence-electron chi connectivity index (χ2n) is 2.78. The van der Waals surface area contributed by atoms with Gasteiger partial charge in [0.25, 0.3) is 5.91 Å². The molecule has 3 N–H and O–H groups in total. The van der Waals surface area contributed by atoms with E-state index in [1.165, 1.54) is 0 Å². The largest absolute Gasteiger partial charge is 0.298 e. The number of likely N-dealkylation sites (N-methyl/N-ethyl adjacent to an activating group) is 1. The Hall–Kier alpha value is -0.610. The van der Waals surface area contributed by atoms with Crippen LogP contribution in [-0.2, 0) is 4.79 Å². The van der Waals surface area contributed by atoms with Gasteiger partial charge in [-0.1, -0.05) is 13.3 Å². The third-order valence-electron chi connectivity index (χ3n) is 1.63. The fourth-order valence-corrected chi connectivity index (χ4v) is 0.993. The molecule has 1 atom stereocenters. The van der Waals surface area contributed by atoms with Gasteiger partial charge < -0.3 is 0 Å². The lowest BCUT2D eigenvalue weighted by molar-refractivity contribution is -0.125. The van der Waals surface area contributed by atoms with Crippen LogP contribution in [0.4, 0.5) is 0 Å². The summed E-state index contributed by atoms with van der Waals surface area (Å²) in [5, 5.41) is 0. The Labute approximate surface area is 67.7 Å². The quantitative estimate of drug-likeness (QED) is 0.336. The lowest BCUT2D eigenvalue weighted by atomic mass is 10.1. The molecular weight excluding hydrogens is 142 g/mol. The molecule has 0 heterocycles. The highest BCUT2D eigenvalue weighted by Gasteiger charge is 2.17. The summed E-state index contributed by atoms with van der Waals surface area (Å²) in [5.41, 5.74) is 2.15. The van der Waals surface area contributed by atoms with Crippen molar-refractivity contribution in [3.63, 3.8) is 0 Å². The molecule has 0 aromatic rings. The van der Waals surface area contributed by atoms with E-state index in [1.807, 2.05) is 25.9 Å². The Bertz CT molecular complexity index is 125. The van der Waals surface area contributed by atoms with Crippen molar-refractivity contribution in [2.24, 2.45) is 5.84 Å². The van der Waals surface area contributed by atoms with Gasteiger partial charge in [-0.05, 0) is 20.5 Å². The lowest BCUT2D eigenvalue weighted by Gasteiger charge is -2.21. The van der Waals surface area contributed by atoms with Crippen molar-refractivity contribution in [3.8, 4) is 0 Å². The average Bonchev–Trinajstić information content (AvgIpc) is 1.98. The zero-order valence-electron chi connectivity index (χ0n) is 7.42. The molecular formula is C7H17N3O. The summed E-state index contributed by atoms with van der Waals surface area (Å²) >= 11 is 0. The lowest BCUT2D eigenvalue weighted by Crippen LogP contribution is -2.46. The molecule has 0 bridgehead atoms. The van der Waals surface area contributed by atoms with Crippen molar-refractivity contribution in [1.29, 1.82) is 0 Å². The van der Waals surface area contributed by atoms with E-state index in [0.717, 1.165) is 12.8 Å². The zero-order valence-corrected chi connectivity index (χ0v) is 7.42. The van der Waals surface area contributed by atoms with Crippen LogP contribution in [-0.4, -0.2) is 30.9 Å². The van der Waals surface area contributed by atoms with E-state index < -0.39 is 0 Å². The van der Waals surface area contributed by atoms with Gasteiger partial charge in [0.2, 0.25) is 0 Å². The highest BCUT2D eigenvalue weighted by Crippen LogP contribution is 2.01. The summed E-state index contributed by atoms with van der Waals surface area (Å²) in [6.45, 7) is 2.04. The molecule has 0 spiro atoms. The number of nitrogens with two attached hydrogens (primary N) is 1. The van der Waals surface area contributed by atoms with E-state index >= 15 is 0 Å². The maximum atomic E-state index is 11.1. The number of amides is 1. The molecule has 0 fully saturated rings. The smallest absolute Gasteiger partial charge is 0.251 e. The molecule has 11 heavy (non-hydrogen) atoms. The molecule has 1 unspecified atom stereocenters. The maximum absolute atomic E-state index is 11.1. The van der Waals surface area contributed by atoms with Gasteiger partial charge in [-0.25, -0.2) is 5.84 Å². The van der Waals surface area contributed by atoms with Crippen LogP contribution in [0, 0.1) is 0 Å². The minimum Gasteiger partial charge on any atom is -0.298 e. The molecule has 0 radical (unpaired) electrons. The van der Waals surface area contributed by atoms with Gasteiger partial charge in [-0.2, -0.15) is 0 Å². The standard InChI is InChI=1S/C7H17N3O/c1-4-5-6(10(2)3)7(11)9-8/h6H,4-5,8H2,1-3H3,(H,9,11). The number of hydrazine groups is 1. The molecule has 0 rings (SSSR count). The summed E-state index contributed by atoms with van der Waals surface area (Å²) in [6.07, 6.45) is 1.83. The van der Waals surface area contributed by atoms with E-state index in [4.69, 9.17) is 5.84 Å². The number of rotatable bonds is 4. The number of hydrogen-bond acceptors (Lipinski definition) is 3. The molecule has 0 saturated heterocycles. The van der Waals surface area contributed by atoms with Gasteiger partial charge in [0, 0.05) is 0 Å². The van der Waals surface area contributed by atoms with Crippen molar-refractivity contribution in [3.05, 3.63) is 0 Å². The van der Waals surface area contributed by atoms with Crippen molar-refractivity contribution in [2.75, 3.05) is 14.1 Å². The molecule has 0 aliphatic heterocycles. The monoisotopic (exact) mass is 159 g/mol. The second-order valence-corrected chi connectivity index (χ2v) is 2.78. The third-order valence-corrected chi connectivity index (χ3v) is 1.63. The minimum atomic E-state index is -0.114. The first-order valence-corrected chi connectivity index (χ1v) is 3.80. The van der Waals surface area contributed by atoms with Crippen LogP contribution in [0.5, 0.6) is 0 Å². The van der Waals surface area contributed by atoms with Crippen LogP contribution in [0.2, 0.25) is 0 Å². The van der Waals surface area contributed by atoms with Gasteiger partial charge in [0.05, 0.1) is 6.04 Å². The Morgan fingerprint density at radius 2 is 2.18 bits per heavy atom. The van der Waals surface area contributed by atoms with Crippen LogP contribution in [0.3, 0.4) is 0 Å². The van der Waals surface area contributed by atoms with Gasteiger partial charge in [-0.15, -0.1) is 0 Å². The summed E-state index contributed by atoms with van der Waals surface area (Å²) in [7, 11) is 3.74. The molecule has 0 aromatic carbocycles. The summed E-state index contributed by atoms with van der Waals surface area (Å²) in [6, 6.07) is -0.0926. The summed E-state index contributed by atoms with van der Waals surface area (Å²) < 4.78 is 0. The van der Waals surface area contributed by atoms with Gasteiger partial charge in [-0.3, -0.25) is 15.1 Å². The van der Waals surface area contributed by atoms with E-state index in [1.54, 1.807) is 0 Å². The third kappa shape index (κ3) is 3.34. The van der Waals surface area contributed by atoms with E-state index in [-0.39, 0.29) is 11.9 Å². The molecule has 1 amide bonds. The fourth-order valence-electron chi connectivity index (χ4n) is 0.993. The second kappa shape index (κ2) is 5.09. The predicted octanol–water partition coefficient (Wildman–Crippen LogP) is -0.293. The van der Waals surface area contributed by atoms with Crippen LogP contribution in [0.15, 0.2) is 0 Å². The van der Waals surface area contributed by atoms with Gasteiger partial charge >= 0.3 is 0 Å². The number of nitrogens with one attached hydrogen (secondary N) is 1. The van der Waals surface area contributed by atoms with Crippen LogP contribution in [0.25, 0.3) is 0 Å². The Kier molecular flexibility index (Phi) is 4.81. The molecule has 4 heteroatoms. The highest BCUT2D eigenvalue weighted by atomic mass is 16.2. The van der Waals surface area contributed by atoms with Crippen molar-refractivity contribution >= 4 is 5.91 Å². The molecule has 0 aromatic heterocycles. The van der Waals surface area contributed by atoms with Crippen molar-refractivity contribution in [1.82, 2.24) is 10.3 Å². The van der Waals surface area contributed by atoms with E-state index in [2.05, 4.69) is 5.43 Å². The first-order valence-electron chi connectivity index (χ1n) is 3.80. The molecule has 66 valence electrons. The number of carbonyl (C=O) groups excluding carboxylic acids is 1.